The minimum absolute atomic E-state index is 0. The molecule has 0 aromatic heterocycles. The first kappa shape index (κ1) is 9.33. The molecular weight excluding hydrogens is 50.0 g/mol. The zero-order chi connectivity index (χ0) is 2.71. The Morgan fingerprint density at radius 1 is 1.75 bits per heavy atom. The zero-order valence-electron chi connectivity index (χ0n) is 2.99. The maximum absolute atomic E-state index is 3.36. The average Bonchev–Trinajstić information content (AvgIpc) is 0.918. The van der Waals surface area contributed by atoms with Crippen LogP contribution in [0.1, 0.15) is 6.92 Å². The van der Waals surface area contributed by atoms with Gasteiger partial charge in [-0.15, -0.1) is 6.58 Å². The van der Waals surface area contributed by atoms with Gasteiger partial charge in [-0.2, -0.15) is 0 Å². The van der Waals surface area contributed by atoms with Gasteiger partial charge in [-0.05, 0) is 6.92 Å². The molecule has 0 fully saturated rings. The molecule has 0 atom stereocenters. The van der Waals surface area contributed by atoms with E-state index in [-0.39, 0.29) is 6.15 Å². The van der Waals surface area contributed by atoms with Gasteiger partial charge in [0.15, 0.2) is 0 Å². The maximum atomic E-state index is 3.36. The molecule has 0 radical (unpaired) electrons. The molecule has 0 rings (SSSR count). The Hall–Kier alpha value is -0.300. The lowest BCUT2D eigenvalue weighted by Gasteiger charge is -1.31. The minimum atomic E-state index is 0. The number of hydrogen-bond donors (Lipinski definition) is 1. The Morgan fingerprint density at radius 3 is 1.75 bits per heavy atom. The summed E-state index contributed by atoms with van der Waals surface area (Å²) in [7, 11) is 0. The quantitative estimate of drug-likeness (QED) is 0.420. The summed E-state index contributed by atoms with van der Waals surface area (Å²) in [5.74, 6) is 0. The second-order valence-electron chi connectivity index (χ2n) is 0.408. The topological polar surface area (TPSA) is 35.0 Å². The van der Waals surface area contributed by atoms with E-state index in [0.717, 1.165) is 0 Å². The van der Waals surface area contributed by atoms with Crippen LogP contribution >= 0.6 is 0 Å². The van der Waals surface area contributed by atoms with Crippen LogP contribution in [-0.2, 0) is 0 Å². The molecule has 1 nitrogen and oxygen atoms in total. The van der Waals surface area contributed by atoms with Gasteiger partial charge < -0.3 is 6.15 Å². The summed E-state index contributed by atoms with van der Waals surface area (Å²) in [6.07, 6.45) is 1.75. The lowest BCUT2D eigenvalue weighted by molar-refractivity contribution is 1.80. The standard InChI is InChI=1S/C3H6.H3N/c1-3-2;/h3H,1H2,2H3;1H3. The Morgan fingerprint density at radius 2 is 1.75 bits per heavy atom. The van der Waals surface area contributed by atoms with Gasteiger partial charge in [0.05, 0.1) is 0 Å². The maximum Gasteiger partial charge on any atom is -0.0473 e. The van der Waals surface area contributed by atoms with Gasteiger partial charge in [-0.25, -0.2) is 0 Å². The summed E-state index contributed by atoms with van der Waals surface area (Å²) in [4.78, 5) is 0. The van der Waals surface area contributed by atoms with Gasteiger partial charge >= 0.3 is 0 Å². The molecule has 0 amide bonds. The van der Waals surface area contributed by atoms with E-state index in [4.69, 9.17) is 0 Å². The van der Waals surface area contributed by atoms with Gasteiger partial charge in [0.2, 0.25) is 0 Å². The first-order valence-electron chi connectivity index (χ1n) is 0.986. The number of rotatable bonds is 0. The SMILES string of the molecule is C=CC.N. The minimum Gasteiger partial charge on any atom is -0.344 e. The van der Waals surface area contributed by atoms with Crippen molar-refractivity contribution in [1.29, 1.82) is 0 Å². The first-order valence-corrected chi connectivity index (χ1v) is 0.986. The van der Waals surface area contributed by atoms with Crippen molar-refractivity contribution < 1.29 is 0 Å². The molecule has 0 heterocycles. The van der Waals surface area contributed by atoms with Crippen molar-refractivity contribution in [2.75, 3.05) is 0 Å². The second kappa shape index (κ2) is 15.9. The van der Waals surface area contributed by atoms with Gasteiger partial charge in [0, 0.05) is 0 Å². The van der Waals surface area contributed by atoms with Crippen LogP contribution in [0.2, 0.25) is 0 Å². The third-order valence-electron chi connectivity index (χ3n) is 0. The van der Waals surface area contributed by atoms with E-state index in [1.165, 1.54) is 0 Å². The van der Waals surface area contributed by atoms with E-state index in [1.807, 2.05) is 6.92 Å². The molecule has 0 saturated heterocycles. The Balaban J connectivity index is 0. The molecule has 0 saturated carbocycles. The van der Waals surface area contributed by atoms with Gasteiger partial charge in [0.25, 0.3) is 0 Å². The van der Waals surface area contributed by atoms with E-state index in [2.05, 4.69) is 6.58 Å². The van der Waals surface area contributed by atoms with Gasteiger partial charge in [-0.1, -0.05) is 6.08 Å². The van der Waals surface area contributed by atoms with Crippen LogP contribution in [-0.4, -0.2) is 0 Å². The summed E-state index contributed by atoms with van der Waals surface area (Å²) < 4.78 is 0. The van der Waals surface area contributed by atoms with Crippen LogP contribution in [0.25, 0.3) is 0 Å². The van der Waals surface area contributed by atoms with E-state index < -0.39 is 0 Å². The van der Waals surface area contributed by atoms with E-state index in [9.17, 15) is 0 Å². The third kappa shape index (κ3) is 9.26. The molecule has 4 heavy (non-hydrogen) atoms. The van der Waals surface area contributed by atoms with Crippen molar-refractivity contribution in [1.82, 2.24) is 6.15 Å². The molecule has 3 N–H and O–H groups in total. The summed E-state index contributed by atoms with van der Waals surface area (Å²) in [5.41, 5.74) is 0. The highest BCUT2D eigenvalue weighted by molar-refractivity contribution is 4.51. The Bertz CT molecular complexity index is 10.8. The van der Waals surface area contributed by atoms with Gasteiger partial charge in [-0.3, -0.25) is 0 Å². The summed E-state index contributed by atoms with van der Waals surface area (Å²) in [6.45, 7) is 5.25. The van der Waals surface area contributed by atoms with Crippen LogP contribution in [0.4, 0.5) is 0 Å². The highest BCUT2D eigenvalue weighted by atomic mass is 14.0. The molecule has 0 spiro atoms. The lowest BCUT2D eigenvalue weighted by Crippen LogP contribution is -1.07. The van der Waals surface area contributed by atoms with Gasteiger partial charge in [0.1, 0.15) is 0 Å². The Labute approximate surface area is 26.9 Å². The van der Waals surface area contributed by atoms with Crippen LogP contribution in [0.15, 0.2) is 12.7 Å². The molecule has 0 aliphatic carbocycles. The second-order valence-corrected chi connectivity index (χ2v) is 0.408. The largest absolute Gasteiger partial charge is 0.344 e. The fourth-order valence-corrected chi connectivity index (χ4v) is 0. The number of allylic oxidation sites excluding steroid dienone is 1. The fraction of sp³-hybridized carbons (Fsp3) is 0.333. The van der Waals surface area contributed by atoms with Crippen LogP contribution in [0.5, 0.6) is 0 Å². The zero-order valence-corrected chi connectivity index (χ0v) is 2.99. The van der Waals surface area contributed by atoms with Crippen LogP contribution in [0, 0.1) is 0 Å². The van der Waals surface area contributed by atoms with Crippen LogP contribution in [0.3, 0.4) is 0 Å². The lowest BCUT2D eigenvalue weighted by atomic mass is 10.8. The van der Waals surface area contributed by atoms with E-state index in [1.54, 1.807) is 6.08 Å². The highest BCUT2D eigenvalue weighted by Gasteiger charge is 1.15. The molecule has 0 aromatic carbocycles. The molecule has 0 aromatic rings. The van der Waals surface area contributed by atoms with Crippen molar-refractivity contribution in [3.63, 3.8) is 0 Å². The molecule has 0 aliphatic rings. The van der Waals surface area contributed by atoms with Crippen molar-refractivity contribution in [2.45, 2.75) is 6.92 Å². The number of hydrogen-bond acceptors (Lipinski definition) is 1. The van der Waals surface area contributed by atoms with Crippen molar-refractivity contribution in [2.24, 2.45) is 0 Å². The summed E-state index contributed by atoms with van der Waals surface area (Å²) in [5, 5.41) is 0. The summed E-state index contributed by atoms with van der Waals surface area (Å²) >= 11 is 0. The van der Waals surface area contributed by atoms with Crippen molar-refractivity contribution in [3.05, 3.63) is 12.7 Å². The first-order chi connectivity index (χ1) is 1.41. The highest BCUT2D eigenvalue weighted by Crippen LogP contribution is 1.38. The molecule has 1 heteroatoms. The van der Waals surface area contributed by atoms with Crippen molar-refractivity contribution in [3.8, 4) is 0 Å². The predicted molar refractivity (Wildman–Crippen MR) is 20.9 cm³/mol. The molecular formula is C3H9N. The average molecular weight is 59.1 g/mol. The van der Waals surface area contributed by atoms with E-state index in [0.29, 0.717) is 0 Å². The predicted octanol–water partition coefficient (Wildman–Crippen LogP) is 1.35. The fourth-order valence-electron chi connectivity index (χ4n) is 0. The molecule has 26 valence electrons. The van der Waals surface area contributed by atoms with E-state index >= 15 is 0 Å². The van der Waals surface area contributed by atoms with Crippen LogP contribution < -0.4 is 6.15 Å². The third-order valence-corrected chi connectivity index (χ3v) is 0. The molecule has 0 bridgehead atoms. The van der Waals surface area contributed by atoms with Crippen molar-refractivity contribution >= 4 is 0 Å². The molecule has 0 unspecified atom stereocenters. The normalized spacial score (nSPS) is 3.25. The summed E-state index contributed by atoms with van der Waals surface area (Å²) in [6, 6.07) is 0. The smallest absolute Gasteiger partial charge is 0.0473 e. The Kier molecular flexibility index (Phi) is 37.2. The molecule has 0 aliphatic heterocycles. The monoisotopic (exact) mass is 59.1 g/mol.